The van der Waals surface area contributed by atoms with Gasteiger partial charge in [-0.05, 0) is 61.8 Å². The van der Waals surface area contributed by atoms with E-state index in [0.29, 0.717) is 13.0 Å². The van der Waals surface area contributed by atoms with Gasteiger partial charge in [0.25, 0.3) is 0 Å². The Morgan fingerprint density at radius 2 is 1.86 bits per heavy atom. The number of rotatable bonds is 10. The number of carbonyl (C=O) groups is 1. The first kappa shape index (κ1) is 32.3. The van der Waals surface area contributed by atoms with Crippen molar-refractivity contribution >= 4 is 28.6 Å². The van der Waals surface area contributed by atoms with E-state index >= 15 is 0 Å². The maximum Gasteiger partial charge on any atom is 0.419 e. The average Bonchev–Trinajstić information content (AvgIpc) is 3.30. The number of amides is 1. The van der Waals surface area contributed by atoms with Gasteiger partial charge in [-0.2, -0.15) is 18.3 Å². The zero-order chi connectivity index (χ0) is 30.9. The highest BCUT2D eigenvalue weighted by molar-refractivity contribution is 5.92. The molecule has 2 heterocycles. The molecule has 0 aliphatic heterocycles. The summed E-state index contributed by atoms with van der Waals surface area (Å²) in [5.41, 5.74) is 8.39. The van der Waals surface area contributed by atoms with E-state index in [2.05, 4.69) is 39.5 Å². The zero-order valence-electron chi connectivity index (χ0n) is 24.6. The molecule has 9 nitrogen and oxygen atoms in total. The third-order valence-electron chi connectivity index (χ3n) is 6.15. The molecule has 0 saturated heterocycles. The van der Waals surface area contributed by atoms with Gasteiger partial charge in [-0.15, -0.1) is 0 Å². The van der Waals surface area contributed by atoms with E-state index in [9.17, 15) is 18.0 Å². The van der Waals surface area contributed by atoms with Gasteiger partial charge < -0.3 is 21.1 Å². The van der Waals surface area contributed by atoms with E-state index in [1.54, 1.807) is 31.0 Å². The topological polar surface area (TPSA) is 120 Å². The molecule has 226 valence electrons. The summed E-state index contributed by atoms with van der Waals surface area (Å²) >= 11 is 0. The monoisotopic (exact) mass is 585 g/mol. The SMILES string of the molecule is CCC.CCc1cc(-c2cc(NC(=O)Cc3ccc(OCCCNC)c(C(F)(F)F)c3)nn2C)cc2cnc(N)nc12. The van der Waals surface area contributed by atoms with Crippen LogP contribution in [0.25, 0.3) is 22.2 Å². The number of benzene rings is 2. The Kier molecular flexibility index (Phi) is 11.3. The van der Waals surface area contributed by atoms with Crippen molar-refractivity contribution in [3.8, 4) is 17.0 Å². The molecule has 0 unspecified atom stereocenters. The molecule has 0 radical (unpaired) electrons. The van der Waals surface area contributed by atoms with Crippen LogP contribution in [0.4, 0.5) is 24.9 Å². The van der Waals surface area contributed by atoms with Crippen molar-refractivity contribution in [1.82, 2.24) is 25.1 Å². The van der Waals surface area contributed by atoms with Crippen molar-refractivity contribution in [2.24, 2.45) is 7.05 Å². The van der Waals surface area contributed by atoms with Gasteiger partial charge in [-0.25, -0.2) is 9.97 Å². The second kappa shape index (κ2) is 14.6. The number of nitrogens with zero attached hydrogens (tertiary/aromatic N) is 4. The number of nitrogens with one attached hydrogen (secondary N) is 2. The number of alkyl halides is 3. The number of hydrogen-bond acceptors (Lipinski definition) is 7. The minimum absolute atomic E-state index is 0.143. The highest BCUT2D eigenvalue weighted by Gasteiger charge is 2.34. The zero-order valence-corrected chi connectivity index (χ0v) is 24.6. The van der Waals surface area contributed by atoms with Gasteiger partial charge in [0.05, 0.1) is 29.8 Å². The molecule has 4 N–H and O–H groups in total. The third kappa shape index (κ3) is 8.41. The third-order valence-corrected chi connectivity index (χ3v) is 6.15. The molecular weight excluding hydrogens is 547 g/mol. The fourth-order valence-corrected chi connectivity index (χ4v) is 4.29. The average molecular weight is 586 g/mol. The number of aromatic nitrogens is 4. The smallest absolute Gasteiger partial charge is 0.419 e. The molecule has 0 aliphatic carbocycles. The predicted octanol–water partition coefficient (Wildman–Crippen LogP) is 5.78. The molecule has 0 bridgehead atoms. The van der Waals surface area contributed by atoms with E-state index in [4.69, 9.17) is 10.5 Å². The lowest BCUT2D eigenvalue weighted by Gasteiger charge is -2.15. The number of aryl methyl sites for hydroxylation is 2. The second-order valence-corrected chi connectivity index (χ2v) is 9.76. The highest BCUT2D eigenvalue weighted by Crippen LogP contribution is 2.37. The Bertz CT molecular complexity index is 1500. The van der Waals surface area contributed by atoms with Gasteiger partial charge >= 0.3 is 6.18 Å². The summed E-state index contributed by atoms with van der Waals surface area (Å²) in [5, 5.41) is 10.8. The van der Waals surface area contributed by atoms with Crippen molar-refractivity contribution in [3.63, 3.8) is 0 Å². The molecule has 4 rings (SSSR count). The van der Waals surface area contributed by atoms with Gasteiger partial charge in [-0.3, -0.25) is 9.48 Å². The standard InChI is InChI=1S/C27H30F3N7O2.C3H8/c1-4-17-12-18(13-19-15-33-26(31)35-25(17)19)21-14-23(36-37(21)3)34-24(38)11-16-6-7-22(39-9-5-8-32-2)20(10-16)27(28,29)30;1-3-2/h6-7,10,12-15,32H,4-5,8-9,11H2,1-3H3,(H2,31,33,35)(H,34,36,38);3H2,1-2H3. The molecule has 0 spiro atoms. The molecule has 0 aliphatic rings. The minimum Gasteiger partial charge on any atom is -0.493 e. The first-order valence-corrected chi connectivity index (χ1v) is 13.9. The summed E-state index contributed by atoms with van der Waals surface area (Å²) < 4.78 is 47.9. The predicted molar refractivity (Wildman–Crippen MR) is 159 cm³/mol. The maximum absolute atomic E-state index is 13.6. The van der Waals surface area contributed by atoms with Crippen LogP contribution >= 0.6 is 0 Å². The van der Waals surface area contributed by atoms with Crippen LogP contribution in [0.15, 0.2) is 42.6 Å². The normalized spacial score (nSPS) is 11.2. The molecular formula is C30H38F3N7O2. The van der Waals surface area contributed by atoms with Gasteiger partial charge in [-0.1, -0.05) is 33.3 Å². The summed E-state index contributed by atoms with van der Waals surface area (Å²) in [5.74, 6) is -0.270. The van der Waals surface area contributed by atoms with Crippen molar-refractivity contribution < 1.29 is 22.7 Å². The van der Waals surface area contributed by atoms with Crippen LogP contribution in [0.3, 0.4) is 0 Å². The fraction of sp³-hybridized carbons (Fsp3) is 0.400. The van der Waals surface area contributed by atoms with Crippen LogP contribution < -0.4 is 21.1 Å². The Labute approximate surface area is 243 Å². The van der Waals surface area contributed by atoms with E-state index in [1.165, 1.54) is 18.6 Å². The van der Waals surface area contributed by atoms with Crippen LogP contribution in [0, 0.1) is 0 Å². The molecule has 42 heavy (non-hydrogen) atoms. The maximum atomic E-state index is 13.6. The Morgan fingerprint density at radius 3 is 2.52 bits per heavy atom. The van der Waals surface area contributed by atoms with Crippen LogP contribution in [0.2, 0.25) is 0 Å². The van der Waals surface area contributed by atoms with E-state index in [1.807, 2.05) is 19.1 Å². The molecule has 2 aromatic heterocycles. The number of carbonyl (C=O) groups excluding carboxylic acids is 1. The lowest BCUT2D eigenvalue weighted by atomic mass is 10.0. The molecule has 0 atom stereocenters. The summed E-state index contributed by atoms with van der Waals surface area (Å²) in [6.45, 7) is 7.03. The lowest BCUT2D eigenvalue weighted by molar-refractivity contribution is -0.139. The van der Waals surface area contributed by atoms with Crippen LogP contribution in [-0.2, 0) is 30.9 Å². The number of anilines is 2. The van der Waals surface area contributed by atoms with Gasteiger partial charge in [0.1, 0.15) is 5.75 Å². The van der Waals surface area contributed by atoms with Gasteiger partial charge in [0.2, 0.25) is 11.9 Å². The number of nitrogen functional groups attached to an aromatic ring is 1. The molecule has 0 saturated carbocycles. The minimum atomic E-state index is -4.62. The van der Waals surface area contributed by atoms with Crippen LogP contribution in [0.1, 0.15) is 50.3 Å². The molecule has 12 heteroatoms. The largest absolute Gasteiger partial charge is 0.493 e. The van der Waals surface area contributed by atoms with Gasteiger partial charge in [0, 0.05) is 30.3 Å². The van der Waals surface area contributed by atoms with Gasteiger partial charge in [0.15, 0.2) is 5.82 Å². The number of hydrogen-bond donors (Lipinski definition) is 3. The van der Waals surface area contributed by atoms with Crippen LogP contribution in [-0.4, -0.2) is 45.9 Å². The summed E-state index contributed by atoms with van der Waals surface area (Å²) in [6, 6.07) is 9.28. The van der Waals surface area contributed by atoms with Crippen molar-refractivity contribution in [2.45, 2.75) is 52.6 Å². The van der Waals surface area contributed by atoms with Crippen molar-refractivity contribution in [1.29, 1.82) is 0 Å². The van der Waals surface area contributed by atoms with Crippen LogP contribution in [0.5, 0.6) is 5.75 Å². The quantitative estimate of drug-likeness (QED) is 0.202. The Hall–Kier alpha value is -4.19. The highest BCUT2D eigenvalue weighted by atomic mass is 19.4. The van der Waals surface area contributed by atoms with Crippen molar-refractivity contribution in [2.75, 3.05) is 31.2 Å². The number of ether oxygens (including phenoxy) is 1. The van der Waals surface area contributed by atoms with E-state index in [0.717, 1.165) is 40.2 Å². The van der Waals surface area contributed by atoms with E-state index in [-0.39, 0.29) is 36.1 Å². The number of halogens is 3. The summed E-state index contributed by atoms with van der Waals surface area (Å²) in [4.78, 5) is 21.2. The molecule has 4 aromatic rings. The summed E-state index contributed by atoms with van der Waals surface area (Å²) in [7, 11) is 3.50. The number of nitrogens with two attached hydrogens (primary N) is 1. The molecule has 0 fully saturated rings. The Balaban J connectivity index is 0.00000155. The lowest BCUT2D eigenvalue weighted by Crippen LogP contribution is -2.17. The second-order valence-electron chi connectivity index (χ2n) is 9.76. The summed E-state index contributed by atoms with van der Waals surface area (Å²) in [6.07, 6.45) is -0.682. The first-order chi connectivity index (χ1) is 20.0. The molecule has 1 amide bonds. The van der Waals surface area contributed by atoms with E-state index < -0.39 is 17.6 Å². The Morgan fingerprint density at radius 1 is 1.12 bits per heavy atom. The molecule has 2 aromatic carbocycles. The number of fused-ring (bicyclic) bond motifs is 1. The van der Waals surface area contributed by atoms with Crippen molar-refractivity contribution in [3.05, 3.63) is 59.3 Å². The first-order valence-electron chi connectivity index (χ1n) is 13.9. The fourth-order valence-electron chi connectivity index (χ4n) is 4.29.